The summed E-state index contributed by atoms with van der Waals surface area (Å²) in [5, 5.41) is 13.1. The molecule has 3 nitrogen and oxygen atoms in total. The first-order chi connectivity index (χ1) is 6.66. The third-order valence-electron chi connectivity index (χ3n) is 1.97. The maximum Gasteiger partial charge on any atom is 0.131 e. The molecule has 0 fully saturated rings. The molecular weight excluding hydrogens is 183 g/mol. The predicted molar refractivity (Wildman–Crippen MR) is 50.3 cm³/mol. The van der Waals surface area contributed by atoms with Crippen molar-refractivity contribution in [3.05, 3.63) is 36.4 Å². The van der Waals surface area contributed by atoms with E-state index in [0.29, 0.717) is 11.1 Å². The van der Waals surface area contributed by atoms with Crippen molar-refractivity contribution in [2.45, 2.75) is 0 Å². The largest absolute Gasteiger partial charge is 0.508 e. The van der Waals surface area contributed by atoms with Gasteiger partial charge in [-0.15, -0.1) is 0 Å². The molecule has 1 N–H and O–H groups in total. The van der Waals surface area contributed by atoms with E-state index in [1.54, 1.807) is 24.1 Å². The maximum absolute atomic E-state index is 13.3. The highest BCUT2D eigenvalue weighted by Gasteiger charge is 2.07. The van der Waals surface area contributed by atoms with Gasteiger partial charge in [0.2, 0.25) is 0 Å². The zero-order valence-corrected chi connectivity index (χ0v) is 7.61. The van der Waals surface area contributed by atoms with E-state index in [1.807, 2.05) is 0 Å². The minimum atomic E-state index is -0.365. The summed E-state index contributed by atoms with van der Waals surface area (Å²) in [5.74, 6) is -0.318. The minimum Gasteiger partial charge on any atom is -0.508 e. The molecule has 0 spiro atoms. The van der Waals surface area contributed by atoms with Crippen LogP contribution in [0.1, 0.15) is 0 Å². The molecule has 1 aromatic carbocycles. The van der Waals surface area contributed by atoms with Crippen LogP contribution in [0.5, 0.6) is 5.75 Å². The fraction of sp³-hybridized carbons (Fsp3) is 0.100. The number of hydrogen-bond acceptors (Lipinski definition) is 2. The maximum atomic E-state index is 13.3. The summed E-state index contributed by atoms with van der Waals surface area (Å²) in [5.41, 5.74) is 1.01. The fourth-order valence-corrected chi connectivity index (χ4v) is 1.29. The number of phenolic OH excluding ortho intramolecular Hbond substituents is 1. The first-order valence-corrected chi connectivity index (χ1v) is 4.14. The van der Waals surface area contributed by atoms with Crippen LogP contribution < -0.4 is 0 Å². The van der Waals surface area contributed by atoms with Crippen molar-refractivity contribution in [3.63, 3.8) is 0 Å². The Morgan fingerprint density at radius 1 is 1.43 bits per heavy atom. The van der Waals surface area contributed by atoms with Crippen molar-refractivity contribution in [2.75, 3.05) is 0 Å². The Morgan fingerprint density at radius 2 is 2.21 bits per heavy atom. The Labute approximate surface area is 80.4 Å². The average Bonchev–Trinajstić information content (AvgIpc) is 2.56. The predicted octanol–water partition coefficient (Wildman–Crippen LogP) is 1.93. The van der Waals surface area contributed by atoms with E-state index in [1.165, 1.54) is 18.2 Å². The average molecular weight is 192 g/mol. The van der Waals surface area contributed by atoms with Gasteiger partial charge in [-0.2, -0.15) is 5.10 Å². The SMILES string of the molecule is Cn1cc(-c2cc(O)ccc2F)cn1. The van der Waals surface area contributed by atoms with Crippen LogP contribution in [-0.4, -0.2) is 14.9 Å². The number of aryl methyl sites for hydroxylation is 1. The molecule has 0 aliphatic rings. The Bertz CT molecular complexity index is 465. The highest BCUT2D eigenvalue weighted by molar-refractivity contribution is 5.64. The number of phenols is 1. The summed E-state index contributed by atoms with van der Waals surface area (Å²) in [6, 6.07) is 3.93. The van der Waals surface area contributed by atoms with Crippen molar-refractivity contribution in [1.82, 2.24) is 9.78 Å². The van der Waals surface area contributed by atoms with Crippen molar-refractivity contribution < 1.29 is 9.50 Å². The lowest BCUT2D eigenvalue weighted by atomic mass is 10.1. The monoisotopic (exact) mass is 192 g/mol. The number of nitrogens with zero attached hydrogens (tertiary/aromatic N) is 2. The van der Waals surface area contributed by atoms with Crippen molar-refractivity contribution in [3.8, 4) is 16.9 Å². The highest BCUT2D eigenvalue weighted by atomic mass is 19.1. The van der Waals surface area contributed by atoms with Gasteiger partial charge in [-0.25, -0.2) is 4.39 Å². The number of aromatic hydroxyl groups is 1. The highest BCUT2D eigenvalue weighted by Crippen LogP contribution is 2.25. The van der Waals surface area contributed by atoms with E-state index < -0.39 is 0 Å². The summed E-state index contributed by atoms with van der Waals surface area (Å²) in [4.78, 5) is 0. The zero-order chi connectivity index (χ0) is 10.1. The Morgan fingerprint density at radius 3 is 2.86 bits per heavy atom. The van der Waals surface area contributed by atoms with Gasteiger partial charge in [0, 0.05) is 24.4 Å². The first kappa shape index (κ1) is 8.74. The lowest BCUT2D eigenvalue weighted by Gasteiger charge is -1.99. The van der Waals surface area contributed by atoms with Gasteiger partial charge in [-0.3, -0.25) is 4.68 Å². The number of halogens is 1. The van der Waals surface area contributed by atoms with Gasteiger partial charge in [0.1, 0.15) is 11.6 Å². The normalized spacial score (nSPS) is 10.4. The van der Waals surface area contributed by atoms with Crippen LogP contribution in [-0.2, 0) is 7.05 Å². The molecule has 0 bridgehead atoms. The molecule has 0 saturated heterocycles. The van der Waals surface area contributed by atoms with E-state index in [-0.39, 0.29) is 11.6 Å². The Kier molecular flexibility index (Phi) is 1.96. The molecule has 0 aliphatic carbocycles. The second-order valence-electron chi connectivity index (χ2n) is 3.07. The van der Waals surface area contributed by atoms with Gasteiger partial charge in [0.15, 0.2) is 0 Å². The van der Waals surface area contributed by atoms with Gasteiger partial charge in [-0.05, 0) is 18.2 Å². The van der Waals surface area contributed by atoms with E-state index in [2.05, 4.69) is 5.10 Å². The van der Waals surface area contributed by atoms with Gasteiger partial charge < -0.3 is 5.11 Å². The Balaban J connectivity index is 2.55. The van der Waals surface area contributed by atoms with E-state index in [0.717, 1.165) is 0 Å². The van der Waals surface area contributed by atoms with Crippen LogP contribution in [0.25, 0.3) is 11.1 Å². The van der Waals surface area contributed by atoms with Crippen molar-refractivity contribution >= 4 is 0 Å². The zero-order valence-electron chi connectivity index (χ0n) is 7.61. The minimum absolute atomic E-state index is 0.0465. The number of aromatic nitrogens is 2. The molecule has 0 radical (unpaired) electrons. The van der Waals surface area contributed by atoms with Crippen molar-refractivity contribution in [2.24, 2.45) is 7.05 Å². The molecule has 0 unspecified atom stereocenters. The van der Waals surface area contributed by atoms with Crippen LogP contribution in [0.3, 0.4) is 0 Å². The van der Waals surface area contributed by atoms with Crippen molar-refractivity contribution in [1.29, 1.82) is 0 Å². The molecule has 2 rings (SSSR count). The lowest BCUT2D eigenvalue weighted by Crippen LogP contribution is -1.85. The quantitative estimate of drug-likeness (QED) is 0.749. The summed E-state index contributed by atoms with van der Waals surface area (Å²) in [6.07, 6.45) is 3.25. The topological polar surface area (TPSA) is 38.0 Å². The molecule has 1 heterocycles. The summed E-state index contributed by atoms with van der Waals surface area (Å²) < 4.78 is 14.9. The molecule has 14 heavy (non-hydrogen) atoms. The smallest absolute Gasteiger partial charge is 0.131 e. The summed E-state index contributed by atoms with van der Waals surface area (Å²) in [6.45, 7) is 0. The molecule has 0 aliphatic heterocycles. The molecule has 2 aromatic rings. The van der Waals surface area contributed by atoms with E-state index >= 15 is 0 Å². The van der Waals surface area contributed by atoms with Gasteiger partial charge in [0.25, 0.3) is 0 Å². The third-order valence-corrected chi connectivity index (χ3v) is 1.97. The van der Waals surface area contributed by atoms with Crippen LogP contribution in [0, 0.1) is 5.82 Å². The number of rotatable bonds is 1. The second-order valence-corrected chi connectivity index (χ2v) is 3.07. The molecule has 4 heteroatoms. The fourth-order valence-electron chi connectivity index (χ4n) is 1.29. The van der Waals surface area contributed by atoms with E-state index in [9.17, 15) is 9.50 Å². The van der Waals surface area contributed by atoms with Gasteiger partial charge in [-0.1, -0.05) is 0 Å². The molecule has 0 atom stereocenters. The Hall–Kier alpha value is -1.84. The molecule has 0 saturated carbocycles. The molecule has 0 amide bonds. The molecule has 72 valence electrons. The van der Waals surface area contributed by atoms with Crippen LogP contribution >= 0.6 is 0 Å². The summed E-state index contributed by atoms with van der Waals surface area (Å²) in [7, 11) is 1.75. The van der Waals surface area contributed by atoms with Gasteiger partial charge in [0.05, 0.1) is 6.20 Å². The number of benzene rings is 1. The lowest BCUT2D eigenvalue weighted by molar-refractivity contribution is 0.473. The van der Waals surface area contributed by atoms with E-state index in [4.69, 9.17) is 0 Å². The van der Waals surface area contributed by atoms with Crippen LogP contribution in [0.4, 0.5) is 4.39 Å². The van der Waals surface area contributed by atoms with Crippen LogP contribution in [0.15, 0.2) is 30.6 Å². The summed E-state index contributed by atoms with van der Waals surface area (Å²) >= 11 is 0. The molecular formula is C10H9FN2O. The standard InChI is InChI=1S/C10H9FN2O/c1-13-6-7(5-12-13)9-4-8(14)2-3-10(9)11/h2-6,14H,1H3. The number of hydrogen-bond donors (Lipinski definition) is 1. The molecule has 1 aromatic heterocycles. The van der Waals surface area contributed by atoms with Gasteiger partial charge >= 0.3 is 0 Å². The second kappa shape index (κ2) is 3.14. The third kappa shape index (κ3) is 1.46. The van der Waals surface area contributed by atoms with Crippen LogP contribution in [0.2, 0.25) is 0 Å². The first-order valence-electron chi connectivity index (χ1n) is 4.14.